The highest BCUT2D eigenvalue weighted by Gasteiger charge is 2.19. The summed E-state index contributed by atoms with van der Waals surface area (Å²) < 4.78 is 2.55. The molecule has 0 radical (unpaired) electrons. The second-order valence-electron chi connectivity index (χ2n) is 5.09. The van der Waals surface area contributed by atoms with E-state index in [1.165, 1.54) is 34.6 Å². The highest BCUT2D eigenvalue weighted by molar-refractivity contribution is 5.77. The number of carbonyl (C=O) groups excluding carboxylic acids is 1. The van der Waals surface area contributed by atoms with Gasteiger partial charge in [0.25, 0.3) is 0 Å². The predicted molar refractivity (Wildman–Crippen MR) is 78.1 cm³/mol. The molecule has 0 fully saturated rings. The second kappa shape index (κ2) is 7.66. The highest BCUT2D eigenvalue weighted by Crippen LogP contribution is 2.13. The van der Waals surface area contributed by atoms with Crippen LogP contribution in [0.15, 0.2) is 12.4 Å². The lowest BCUT2D eigenvalue weighted by Gasteiger charge is -2.06. The number of unbranched alkanes of at least 4 members (excludes halogenated alkanes) is 3. The van der Waals surface area contributed by atoms with Crippen molar-refractivity contribution in [1.82, 2.24) is 30.0 Å². The van der Waals surface area contributed by atoms with Gasteiger partial charge in [-0.25, -0.2) is 4.79 Å². The average Bonchev–Trinajstić information content (AvgIpc) is 3.14. The van der Waals surface area contributed by atoms with Crippen molar-refractivity contribution in [1.29, 1.82) is 0 Å². The maximum atomic E-state index is 12.4. The van der Waals surface area contributed by atoms with Crippen molar-refractivity contribution < 1.29 is 4.79 Å². The number of hydrogen-bond acceptors (Lipinski definition) is 5. The molecule has 2 aromatic heterocycles. The third-order valence-electron chi connectivity index (χ3n) is 3.40. The lowest BCUT2D eigenvalue weighted by molar-refractivity contribution is 0.236. The van der Waals surface area contributed by atoms with Crippen molar-refractivity contribution in [2.45, 2.75) is 58.8 Å². The van der Waals surface area contributed by atoms with Gasteiger partial charge >= 0.3 is 6.03 Å². The molecule has 114 valence electrons. The first-order valence-electron chi connectivity index (χ1n) is 7.62. The van der Waals surface area contributed by atoms with E-state index < -0.39 is 0 Å². The molecule has 0 saturated heterocycles. The maximum absolute atomic E-state index is 12.4. The molecule has 2 heterocycles. The Kier molecular flexibility index (Phi) is 5.59. The van der Waals surface area contributed by atoms with Gasteiger partial charge in [0.2, 0.25) is 0 Å². The summed E-state index contributed by atoms with van der Waals surface area (Å²) in [4.78, 5) is 12.4. The molecule has 0 saturated carbocycles. The van der Waals surface area contributed by atoms with Crippen LogP contribution in [0, 0.1) is 0 Å². The van der Waals surface area contributed by atoms with Gasteiger partial charge < -0.3 is 0 Å². The fourth-order valence-electron chi connectivity index (χ4n) is 2.29. The number of aromatic nitrogens is 6. The maximum Gasteiger partial charge on any atom is 0.372 e. The van der Waals surface area contributed by atoms with Crippen LogP contribution in [0.2, 0.25) is 0 Å². The molecule has 0 spiro atoms. The van der Waals surface area contributed by atoms with E-state index in [2.05, 4.69) is 34.5 Å². The summed E-state index contributed by atoms with van der Waals surface area (Å²) in [5.41, 5.74) is 1.83. The van der Waals surface area contributed by atoms with Crippen molar-refractivity contribution in [2.24, 2.45) is 0 Å². The topological polar surface area (TPSA) is 78.5 Å². The number of nitrogens with zero attached hydrogens (tertiary/aromatic N) is 6. The Hall–Kier alpha value is -2.05. The minimum atomic E-state index is -0.326. The van der Waals surface area contributed by atoms with Crippen LogP contribution < -0.4 is 0 Å². The predicted octanol–water partition coefficient (Wildman–Crippen LogP) is 2.46. The monoisotopic (exact) mass is 290 g/mol. The normalized spacial score (nSPS) is 11.0. The lowest BCUT2D eigenvalue weighted by atomic mass is 10.1. The number of rotatable bonds is 7. The molecule has 7 heteroatoms. The largest absolute Gasteiger partial charge is 0.372 e. The first-order valence-corrected chi connectivity index (χ1v) is 7.62. The smallest absolute Gasteiger partial charge is 0.243 e. The molecule has 2 aromatic rings. The quantitative estimate of drug-likeness (QED) is 0.732. The van der Waals surface area contributed by atoms with E-state index in [1.54, 1.807) is 0 Å². The number of aryl methyl sites for hydroxylation is 1. The Labute approximate surface area is 124 Å². The zero-order valence-electron chi connectivity index (χ0n) is 12.7. The van der Waals surface area contributed by atoms with Crippen molar-refractivity contribution in [3.63, 3.8) is 0 Å². The molecule has 7 nitrogen and oxygen atoms in total. The van der Waals surface area contributed by atoms with Gasteiger partial charge in [-0.3, -0.25) is 0 Å². The standard InChI is InChI=1S/C14H22N6O/c1-3-5-6-7-9-13-12(8-4-2)16-18-20(13)14(21)19-11-10-15-17-19/h10-11H,3-9H2,1-2H3. The molecule has 0 unspecified atom stereocenters. The van der Waals surface area contributed by atoms with E-state index in [4.69, 9.17) is 0 Å². The molecule has 0 N–H and O–H groups in total. The molecule has 0 atom stereocenters. The molecule has 0 aliphatic rings. The van der Waals surface area contributed by atoms with Gasteiger partial charge in [0.15, 0.2) is 0 Å². The molecule has 0 aliphatic heterocycles. The molecule has 0 aromatic carbocycles. The number of hydrogen-bond donors (Lipinski definition) is 0. The van der Waals surface area contributed by atoms with Crippen molar-refractivity contribution in [3.8, 4) is 0 Å². The van der Waals surface area contributed by atoms with E-state index >= 15 is 0 Å². The SMILES string of the molecule is CCCCCCc1c(CCC)nnn1C(=O)n1ccnn1. The van der Waals surface area contributed by atoms with Gasteiger partial charge in [-0.1, -0.05) is 50.0 Å². The van der Waals surface area contributed by atoms with Gasteiger partial charge in [0, 0.05) is 0 Å². The van der Waals surface area contributed by atoms with Crippen LogP contribution in [0.1, 0.15) is 57.3 Å². The molecule has 0 amide bonds. The zero-order valence-corrected chi connectivity index (χ0v) is 12.7. The fraction of sp³-hybridized carbons (Fsp3) is 0.643. The van der Waals surface area contributed by atoms with Gasteiger partial charge in [0.1, 0.15) is 0 Å². The van der Waals surface area contributed by atoms with Crippen LogP contribution >= 0.6 is 0 Å². The molecule has 21 heavy (non-hydrogen) atoms. The van der Waals surface area contributed by atoms with Crippen LogP contribution in [0.5, 0.6) is 0 Å². The van der Waals surface area contributed by atoms with E-state index in [-0.39, 0.29) is 6.03 Å². The Bertz CT molecular complexity index is 560. The third kappa shape index (κ3) is 3.74. The van der Waals surface area contributed by atoms with E-state index in [0.717, 1.165) is 43.5 Å². The minimum absolute atomic E-state index is 0.326. The zero-order chi connectivity index (χ0) is 15.1. The molecular formula is C14H22N6O. The Balaban J connectivity index is 2.17. The van der Waals surface area contributed by atoms with Gasteiger partial charge in [-0.15, -0.1) is 10.2 Å². The molecule has 0 bridgehead atoms. The van der Waals surface area contributed by atoms with E-state index in [0.29, 0.717) is 0 Å². The van der Waals surface area contributed by atoms with E-state index in [9.17, 15) is 4.79 Å². The first-order chi connectivity index (χ1) is 10.3. The van der Waals surface area contributed by atoms with Gasteiger partial charge in [0.05, 0.1) is 23.8 Å². The Morgan fingerprint density at radius 2 is 1.95 bits per heavy atom. The van der Waals surface area contributed by atoms with Crippen molar-refractivity contribution in [2.75, 3.05) is 0 Å². The summed E-state index contributed by atoms with van der Waals surface area (Å²) in [5, 5.41) is 15.6. The van der Waals surface area contributed by atoms with Gasteiger partial charge in [-0.2, -0.15) is 9.36 Å². The number of carbonyl (C=O) groups is 1. The van der Waals surface area contributed by atoms with Crippen LogP contribution in [0.3, 0.4) is 0 Å². The van der Waals surface area contributed by atoms with Crippen LogP contribution in [-0.4, -0.2) is 36.0 Å². The van der Waals surface area contributed by atoms with Gasteiger partial charge in [-0.05, 0) is 19.3 Å². The van der Waals surface area contributed by atoms with Crippen molar-refractivity contribution >= 4 is 6.03 Å². The van der Waals surface area contributed by atoms with E-state index in [1.807, 2.05) is 0 Å². The van der Waals surface area contributed by atoms with Crippen molar-refractivity contribution in [3.05, 3.63) is 23.8 Å². The molecule has 0 aliphatic carbocycles. The minimum Gasteiger partial charge on any atom is -0.243 e. The Morgan fingerprint density at radius 3 is 2.62 bits per heavy atom. The Morgan fingerprint density at radius 1 is 1.10 bits per heavy atom. The average molecular weight is 290 g/mol. The summed E-state index contributed by atoms with van der Waals surface area (Å²) in [5.74, 6) is 0. The summed E-state index contributed by atoms with van der Waals surface area (Å²) in [6.07, 6.45) is 10.2. The summed E-state index contributed by atoms with van der Waals surface area (Å²) >= 11 is 0. The summed E-state index contributed by atoms with van der Waals surface area (Å²) in [6, 6.07) is -0.326. The van der Waals surface area contributed by atoms with Crippen LogP contribution in [0.4, 0.5) is 4.79 Å². The molecular weight excluding hydrogens is 268 g/mol. The van der Waals surface area contributed by atoms with Crippen LogP contribution in [0.25, 0.3) is 0 Å². The summed E-state index contributed by atoms with van der Waals surface area (Å²) in [6.45, 7) is 4.28. The van der Waals surface area contributed by atoms with Crippen LogP contribution in [-0.2, 0) is 12.8 Å². The lowest BCUT2D eigenvalue weighted by Crippen LogP contribution is -2.23. The fourth-order valence-corrected chi connectivity index (χ4v) is 2.29. The highest BCUT2D eigenvalue weighted by atomic mass is 16.2. The third-order valence-corrected chi connectivity index (χ3v) is 3.40. The first kappa shape index (κ1) is 15.3. The molecule has 2 rings (SSSR count). The second-order valence-corrected chi connectivity index (χ2v) is 5.09. The summed E-state index contributed by atoms with van der Waals surface area (Å²) in [7, 11) is 0.